The Balaban J connectivity index is 1.55. The standard InChI is InChI=1S/C21H14ClN3O2/c22-15-10-8-14(9-11-15)21(26)27-17-5-3-4-16(12-17)25-20-18-6-1-2-7-19(18)23-13-24-20/h1-13H,(H,23,24,25). The summed E-state index contributed by atoms with van der Waals surface area (Å²) in [4.78, 5) is 20.8. The molecule has 1 aromatic heterocycles. The Kier molecular flexibility index (Phi) is 4.68. The topological polar surface area (TPSA) is 64.1 Å². The number of hydrogen-bond acceptors (Lipinski definition) is 5. The van der Waals surface area contributed by atoms with E-state index in [0.717, 1.165) is 16.6 Å². The van der Waals surface area contributed by atoms with Crippen LogP contribution in [0.1, 0.15) is 10.4 Å². The molecule has 0 saturated carbocycles. The molecule has 4 rings (SSSR count). The van der Waals surface area contributed by atoms with Gasteiger partial charge < -0.3 is 10.1 Å². The van der Waals surface area contributed by atoms with Gasteiger partial charge in [-0.05, 0) is 48.5 Å². The van der Waals surface area contributed by atoms with E-state index in [-0.39, 0.29) is 0 Å². The number of nitrogens with one attached hydrogen (secondary N) is 1. The number of anilines is 2. The van der Waals surface area contributed by atoms with E-state index in [1.807, 2.05) is 30.3 Å². The van der Waals surface area contributed by atoms with Gasteiger partial charge in [-0.15, -0.1) is 0 Å². The van der Waals surface area contributed by atoms with Crippen LogP contribution in [0.25, 0.3) is 10.9 Å². The number of halogens is 1. The predicted molar refractivity (Wildman–Crippen MR) is 106 cm³/mol. The zero-order chi connectivity index (χ0) is 18.6. The fourth-order valence-electron chi connectivity index (χ4n) is 2.63. The van der Waals surface area contributed by atoms with E-state index >= 15 is 0 Å². The second-order valence-corrected chi connectivity index (χ2v) is 6.23. The van der Waals surface area contributed by atoms with Crippen LogP contribution in [0.3, 0.4) is 0 Å². The van der Waals surface area contributed by atoms with Gasteiger partial charge in [-0.25, -0.2) is 14.8 Å². The summed E-state index contributed by atoms with van der Waals surface area (Å²) in [6.07, 6.45) is 1.51. The summed E-state index contributed by atoms with van der Waals surface area (Å²) >= 11 is 5.85. The third kappa shape index (κ3) is 3.88. The van der Waals surface area contributed by atoms with Crippen molar-refractivity contribution in [3.05, 3.63) is 89.7 Å². The highest BCUT2D eigenvalue weighted by molar-refractivity contribution is 6.30. The maximum absolute atomic E-state index is 12.3. The molecule has 0 saturated heterocycles. The monoisotopic (exact) mass is 375 g/mol. The fraction of sp³-hybridized carbons (Fsp3) is 0. The molecule has 1 heterocycles. The molecule has 1 N–H and O–H groups in total. The van der Waals surface area contributed by atoms with Crippen LogP contribution < -0.4 is 10.1 Å². The molecule has 0 amide bonds. The lowest BCUT2D eigenvalue weighted by Gasteiger charge is -2.10. The summed E-state index contributed by atoms with van der Waals surface area (Å²) in [5.74, 6) is 0.663. The number of aromatic nitrogens is 2. The molecule has 27 heavy (non-hydrogen) atoms. The Morgan fingerprint density at radius 3 is 2.59 bits per heavy atom. The van der Waals surface area contributed by atoms with E-state index in [1.54, 1.807) is 42.5 Å². The lowest BCUT2D eigenvalue weighted by Crippen LogP contribution is -2.08. The van der Waals surface area contributed by atoms with Gasteiger partial charge in [0.2, 0.25) is 0 Å². The van der Waals surface area contributed by atoms with Gasteiger partial charge in [0, 0.05) is 22.2 Å². The highest BCUT2D eigenvalue weighted by Gasteiger charge is 2.09. The number of esters is 1. The number of ether oxygens (including phenoxy) is 1. The lowest BCUT2D eigenvalue weighted by atomic mass is 10.2. The van der Waals surface area contributed by atoms with Crippen LogP contribution in [0.4, 0.5) is 11.5 Å². The van der Waals surface area contributed by atoms with Crippen LogP contribution in [0.15, 0.2) is 79.1 Å². The van der Waals surface area contributed by atoms with E-state index in [0.29, 0.717) is 22.2 Å². The quantitative estimate of drug-likeness (QED) is 0.390. The predicted octanol–water partition coefficient (Wildman–Crippen LogP) is 5.25. The van der Waals surface area contributed by atoms with Gasteiger partial charge in [-0.1, -0.05) is 29.8 Å². The van der Waals surface area contributed by atoms with Crippen LogP contribution in [0.5, 0.6) is 5.75 Å². The van der Waals surface area contributed by atoms with Crippen molar-refractivity contribution in [1.29, 1.82) is 0 Å². The van der Waals surface area contributed by atoms with Crippen LogP contribution in [0.2, 0.25) is 5.02 Å². The molecule has 0 aliphatic heterocycles. The van der Waals surface area contributed by atoms with Crippen molar-refractivity contribution >= 4 is 40.0 Å². The third-order valence-electron chi connectivity index (χ3n) is 3.93. The Labute approximate surface area is 160 Å². The molecule has 6 heteroatoms. The number of para-hydroxylation sites is 1. The summed E-state index contributed by atoms with van der Waals surface area (Å²) in [6, 6.07) is 21.4. The fourth-order valence-corrected chi connectivity index (χ4v) is 2.76. The van der Waals surface area contributed by atoms with E-state index in [4.69, 9.17) is 16.3 Å². The van der Waals surface area contributed by atoms with E-state index in [2.05, 4.69) is 15.3 Å². The summed E-state index contributed by atoms with van der Waals surface area (Å²) in [7, 11) is 0. The van der Waals surface area contributed by atoms with Gasteiger partial charge in [0.1, 0.15) is 17.9 Å². The maximum atomic E-state index is 12.3. The highest BCUT2D eigenvalue weighted by Crippen LogP contribution is 2.25. The van der Waals surface area contributed by atoms with Crippen molar-refractivity contribution in [2.45, 2.75) is 0 Å². The van der Waals surface area contributed by atoms with Crippen molar-refractivity contribution in [2.24, 2.45) is 0 Å². The minimum atomic E-state index is -0.448. The third-order valence-corrected chi connectivity index (χ3v) is 4.18. The number of rotatable bonds is 4. The molecular formula is C21H14ClN3O2. The number of carbonyl (C=O) groups excluding carboxylic acids is 1. The zero-order valence-electron chi connectivity index (χ0n) is 14.1. The number of benzene rings is 3. The van der Waals surface area contributed by atoms with E-state index in [9.17, 15) is 4.79 Å². The number of carbonyl (C=O) groups is 1. The summed E-state index contributed by atoms with van der Waals surface area (Å²) in [5, 5.41) is 4.72. The van der Waals surface area contributed by atoms with Crippen molar-refractivity contribution in [3.63, 3.8) is 0 Å². The second kappa shape index (κ2) is 7.43. The minimum absolute atomic E-state index is 0.429. The van der Waals surface area contributed by atoms with Crippen molar-refractivity contribution in [1.82, 2.24) is 9.97 Å². The molecule has 0 spiro atoms. The average molecular weight is 376 g/mol. The first-order chi connectivity index (χ1) is 13.2. The molecule has 0 fully saturated rings. The Hall–Kier alpha value is -3.44. The smallest absolute Gasteiger partial charge is 0.343 e. The van der Waals surface area contributed by atoms with Crippen LogP contribution in [-0.4, -0.2) is 15.9 Å². The van der Waals surface area contributed by atoms with Gasteiger partial charge >= 0.3 is 5.97 Å². The molecular weight excluding hydrogens is 362 g/mol. The Morgan fingerprint density at radius 2 is 1.74 bits per heavy atom. The van der Waals surface area contributed by atoms with Gasteiger partial charge in [0.05, 0.1) is 11.1 Å². The maximum Gasteiger partial charge on any atom is 0.343 e. The van der Waals surface area contributed by atoms with Gasteiger partial charge in [0.15, 0.2) is 0 Å². The molecule has 0 atom stereocenters. The minimum Gasteiger partial charge on any atom is -0.423 e. The molecule has 0 aliphatic carbocycles. The normalized spacial score (nSPS) is 10.6. The summed E-state index contributed by atoms with van der Waals surface area (Å²) < 4.78 is 5.45. The zero-order valence-corrected chi connectivity index (χ0v) is 14.9. The highest BCUT2D eigenvalue weighted by atomic mass is 35.5. The van der Waals surface area contributed by atoms with Crippen molar-refractivity contribution < 1.29 is 9.53 Å². The Bertz CT molecular complexity index is 1110. The number of nitrogens with zero attached hydrogens (tertiary/aromatic N) is 2. The first kappa shape index (κ1) is 17.0. The lowest BCUT2D eigenvalue weighted by molar-refractivity contribution is 0.0735. The summed E-state index contributed by atoms with van der Waals surface area (Å²) in [6.45, 7) is 0. The second-order valence-electron chi connectivity index (χ2n) is 5.79. The first-order valence-corrected chi connectivity index (χ1v) is 8.61. The molecule has 0 aliphatic rings. The molecule has 0 unspecified atom stereocenters. The number of fused-ring (bicyclic) bond motifs is 1. The molecule has 0 bridgehead atoms. The van der Waals surface area contributed by atoms with Gasteiger partial charge in [-0.3, -0.25) is 0 Å². The molecule has 4 aromatic rings. The molecule has 5 nitrogen and oxygen atoms in total. The van der Waals surface area contributed by atoms with Crippen molar-refractivity contribution in [3.8, 4) is 5.75 Å². The SMILES string of the molecule is O=C(Oc1cccc(Nc2ncnc3ccccc23)c1)c1ccc(Cl)cc1. The Morgan fingerprint density at radius 1 is 0.926 bits per heavy atom. The van der Waals surface area contributed by atoms with Crippen LogP contribution >= 0.6 is 11.6 Å². The van der Waals surface area contributed by atoms with Gasteiger partial charge in [-0.2, -0.15) is 0 Å². The molecule has 132 valence electrons. The summed E-state index contributed by atoms with van der Waals surface area (Å²) in [5.41, 5.74) is 2.03. The largest absolute Gasteiger partial charge is 0.423 e. The molecule has 0 radical (unpaired) electrons. The van der Waals surface area contributed by atoms with Gasteiger partial charge in [0.25, 0.3) is 0 Å². The van der Waals surface area contributed by atoms with Crippen LogP contribution in [0, 0.1) is 0 Å². The van der Waals surface area contributed by atoms with Crippen molar-refractivity contribution in [2.75, 3.05) is 5.32 Å². The number of hydrogen-bond donors (Lipinski definition) is 1. The molecule has 3 aromatic carbocycles. The van der Waals surface area contributed by atoms with Crippen LogP contribution in [-0.2, 0) is 0 Å². The van der Waals surface area contributed by atoms with E-state index < -0.39 is 5.97 Å². The first-order valence-electron chi connectivity index (χ1n) is 8.24. The van der Waals surface area contributed by atoms with E-state index in [1.165, 1.54) is 6.33 Å². The average Bonchev–Trinajstić information content (AvgIpc) is 2.69.